The number of carbonyl (C=O) groups excluding carboxylic acids is 1. The summed E-state index contributed by atoms with van der Waals surface area (Å²) in [5.74, 6) is 0.00965. The summed E-state index contributed by atoms with van der Waals surface area (Å²) in [5.41, 5.74) is 0.423. The van der Waals surface area contributed by atoms with E-state index in [0.717, 1.165) is 17.7 Å². The van der Waals surface area contributed by atoms with Gasteiger partial charge in [-0.25, -0.2) is 16.8 Å². The van der Waals surface area contributed by atoms with Crippen molar-refractivity contribution in [3.63, 3.8) is 0 Å². The molecular formula is C17H26N3O5S2+. The van der Waals surface area contributed by atoms with Gasteiger partial charge in [-0.05, 0) is 31.0 Å². The molecule has 1 amide bonds. The van der Waals surface area contributed by atoms with Gasteiger partial charge in [-0.1, -0.05) is 6.07 Å². The zero-order chi connectivity index (χ0) is 19.7. The van der Waals surface area contributed by atoms with Crippen LogP contribution < -0.4 is 10.2 Å². The number of anilines is 1. The van der Waals surface area contributed by atoms with E-state index < -0.39 is 19.9 Å². The average molecular weight is 417 g/mol. The van der Waals surface area contributed by atoms with E-state index in [9.17, 15) is 21.6 Å². The van der Waals surface area contributed by atoms with Crippen LogP contribution in [0.5, 0.6) is 0 Å². The lowest BCUT2D eigenvalue weighted by atomic mass is 10.2. The van der Waals surface area contributed by atoms with Crippen LogP contribution in [-0.4, -0.2) is 71.3 Å². The van der Waals surface area contributed by atoms with Crippen LogP contribution in [0.25, 0.3) is 0 Å². The van der Waals surface area contributed by atoms with Gasteiger partial charge in [0.05, 0.1) is 17.7 Å². The summed E-state index contributed by atoms with van der Waals surface area (Å²) in [6.45, 7) is 1.18. The highest BCUT2D eigenvalue weighted by Crippen LogP contribution is 2.23. The summed E-state index contributed by atoms with van der Waals surface area (Å²) < 4.78 is 49.9. The molecule has 1 aromatic carbocycles. The van der Waals surface area contributed by atoms with Gasteiger partial charge in [0.25, 0.3) is 5.91 Å². The van der Waals surface area contributed by atoms with Crippen molar-refractivity contribution in [3.05, 3.63) is 24.3 Å². The first-order chi connectivity index (χ1) is 12.7. The Hall–Kier alpha value is -1.49. The fourth-order valence-corrected chi connectivity index (χ4v) is 7.04. The number of carbonyl (C=O) groups is 1. The Balaban J connectivity index is 1.63. The second-order valence-electron chi connectivity index (χ2n) is 7.31. The smallest absolute Gasteiger partial charge is 0.279 e. The summed E-state index contributed by atoms with van der Waals surface area (Å²) in [7, 11) is -4.72. The van der Waals surface area contributed by atoms with Gasteiger partial charge in [0, 0.05) is 25.2 Å². The number of quaternary nitrogens is 1. The molecule has 8 nitrogen and oxygen atoms in total. The second kappa shape index (κ2) is 7.86. The third-order valence-electron chi connectivity index (χ3n) is 5.19. The Morgan fingerprint density at radius 3 is 2.63 bits per heavy atom. The average Bonchev–Trinajstić information content (AvgIpc) is 3.24. The summed E-state index contributed by atoms with van der Waals surface area (Å²) in [6.07, 6.45) is 2.29. The number of nitrogens with one attached hydrogen (secondary N) is 2. The maximum Gasteiger partial charge on any atom is 0.279 e. The molecule has 2 N–H and O–H groups in total. The van der Waals surface area contributed by atoms with Crippen LogP contribution in [0, 0.1) is 0 Å². The number of nitrogens with zero attached hydrogens (tertiary/aromatic N) is 1. The highest BCUT2D eigenvalue weighted by atomic mass is 32.2. The minimum absolute atomic E-state index is 0.0809. The van der Waals surface area contributed by atoms with Gasteiger partial charge in [0.2, 0.25) is 10.0 Å². The van der Waals surface area contributed by atoms with Crippen LogP contribution in [0.3, 0.4) is 0 Å². The molecule has 0 bridgehead atoms. The molecule has 3 rings (SSSR count). The Morgan fingerprint density at radius 2 is 2.00 bits per heavy atom. The standard InChI is InChI=1S/C17H25N3O5S2/c1-19(15-7-10-26(22,23)13-15)12-17(21)18-14-5-4-6-16(11-14)27(24,25)20-8-2-3-9-20/h4-6,11,15H,2-3,7-10,12-13H2,1H3,(H,18,21)/p+1/t15-/m1/s1. The molecule has 0 aliphatic carbocycles. The van der Waals surface area contributed by atoms with Crippen LogP contribution in [0.1, 0.15) is 19.3 Å². The zero-order valence-corrected chi connectivity index (χ0v) is 17.0. The predicted octanol–water partition coefficient (Wildman–Crippen LogP) is -0.889. The van der Waals surface area contributed by atoms with Crippen molar-refractivity contribution >= 4 is 31.5 Å². The lowest BCUT2D eigenvalue weighted by Crippen LogP contribution is -3.14. The SMILES string of the molecule is C[NH+](CC(=O)Nc1cccc(S(=O)(=O)N2CCCC2)c1)[C@@H]1CCS(=O)(=O)C1. The Morgan fingerprint density at radius 1 is 1.30 bits per heavy atom. The Bertz CT molecular complexity index is 908. The molecule has 0 saturated carbocycles. The Kier molecular flexibility index (Phi) is 5.90. The van der Waals surface area contributed by atoms with Gasteiger partial charge >= 0.3 is 0 Å². The van der Waals surface area contributed by atoms with E-state index in [-0.39, 0.29) is 34.9 Å². The quantitative estimate of drug-likeness (QED) is 0.626. The molecule has 150 valence electrons. The number of sulfonamides is 1. The maximum atomic E-state index is 12.6. The van der Waals surface area contributed by atoms with Crippen molar-refractivity contribution in [3.8, 4) is 0 Å². The van der Waals surface area contributed by atoms with Gasteiger partial charge in [0.15, 0.2) is 16.4 Å². The van der Waals surface area contributed by atoms with E-state index in [1.54, 1.807) is 19.2 Å². The van der Waals surface area contributed by atoms with E-state index in [0.29, 0.717) is 25.2 Å². The molecule has 1 aromatic rings. The van der Waals surface area contributed by atoms with E-state index in [1.807, 2.05) is 0 Å². The normalized spacial score (nSPS) is 24.0. The van der Waals surface area contributed by atoms with Crippen LogP contribution in [-0.2, 0) is 24.7 Å². The number of hydrogen-bond acceptors (Lipinski definition) is 5. The molecule has 2 fully saturated rings. The first-order valence-electron chi connectivity index (χ1n) is 9.10. The number of amides is 1. The molecule has 1 unspecified atom stereocenters. The third-order valence-corrected chi connectivity index (χ3v) is 8.85. The molecule has 10 heteroatoms. The first kappa shape index (κ1) is 20.2. The fraction of sp³-hybridized carbons (Fsp3) is 0.588. The molecule has 0 radical (unpaired) electrons. The molecule has 27 heavy (non-hydrogen) atoms. The minimum atomic E-state index is -3.54. The van der Waals surface area contributed by atoms with Crippen molar-refractivity contribution in [1.82, 2.24) is 4.31 Å². The number of likely N-dealkylation sites (N-methyl/N-ethyl adjacent to an activating group) is 1. The van der Waals surface area contributed by atoms with E-state index >= 15 is 0 Å². The molecule has 0 aromatic heterocycles. The molecule has 2 atom stereocenters. The topological polar surface area (TPSA) is 105 Å². The summed E-state index contributed by atoms with van der Waals surface area (Å²) in [4.78, 5) is 13.3. The van der Waals surface area contributed by atoms with Crippen LogP contribution in [0.15, 0.2) is 29.2 Å². The Labute approximate surface area is 160 Å². The summed E-state index contributed by atoms with van der Waals surface area (Å²) in [6, 6.07) is 6.18. The molecule has 2 saturated heterocycles. The summed E-state index contributed by atoms with van der Waals surface area (Å²) in [5, 5.41) is 2.73. The molecule has 2 aliphatic heterocycles. The van der Waals surface area contributed by atoms with Crippen molar-refractivity contribution < 1.29 is 26.5 Å². The van der Waals surface area contributed by atoms with Crippen molar-refractivity contribution in [2.75, 3.05) is 43.5 Å². The number of rotatable bonds is 6. The monoisotopic (exact) mass is 416 g/mol. The molecule has 2 aliphatic rings. The van der Waals surface area contributed by atoms with Crippen molar-refractivity contribution in [2.45, 2.75) is 30.2 Å². The second-order valence-corrected chi connectivity index (χ2v) is 11.5. The molecular weight excluding hydrogens is 390 g/mol. The first-order valence-corrected chi connectivity index (χ1v) is 12.4. The largest absolute Gasteiger partial charge is 0.326 e. The minimum Gasteiger partial charge on any atom is -0.326 e. The third kappa shape index (κ3) is 4.87. The predicted molar refractivity (Wildman–Crippen MR) is 102 cm³/mol. The van der Waals surface area contributed by atoms with E-state index in [4.69, 9.17) is 0 Å². The van der Waals surface area contributed by atoms with Gasteiger partial charge in [-0.2, -0.15) is 4.31 Å². The van der Waals surface area contributed by atoms with Gasteiger partial charge in [-0.3, -0.25) is 4.79 Å². The van der Waals surface area contributed by atoms with Crippen LogP contribution >= 0.6 is 0 Å². The number of sulfone groups is 1. The van der Waals surface area contributed by atoms with Crippen LogP contribution in [0.4, 0.5) is 5.69 Å². The van der Waals surface area contributed by atoms with Crippen molar-refractivity contribution in [2.24, 2.45) is 0 Å². The maximum absolute atomic E-state index is 12.6. The van der Waals surface area contributed by atoms with E-state index in [1.165, 1.54) is 16.4 Å². The lowest BCUT2D eigenvalue weighted by molar-refractivity contribution is -0.894. The number of benzene rings is 1. The fourth-order valence-electron chi connectivity index (χ4n) is 3.60. The van der Waals surface area contributed by atoms with Gasteiger partial charge < -0.3 is 10.2 Å². The van der Waals surface area contributed by atoms with E-state index in [2.05, 4.69) is 5.32 Å². The highest BCUT2D eigenvalue weighted by Gasteiger charge is 2.34. The molecule has 2 heterocycles. The highest BCUT2D eigenvalue weighted by molar-refractivity contribution is 7.91. The van der Waals surface area contributed by atoms with Gasteiger partial charge in [0.1, 0.15) is 11.8 Å². The van der Waals surface area contributed by atoms with Gasteiger partial charge in [-0.15, -0.1) is 0 Å². The van der Waals surface area contributed by atoms with Crippen LogP contribution in [0.2, 0.25) is 0 Å². The zero-order valence-electron chi connectivity index (χ0n) is 15.3. The molecule has 0 spiro atoms. The number of hydrogen-bond donors (Lipinski definition) is 2. The summed E-state index contributed by atoms with van der Waals surface area (Å²) >= 11 is 0. The lowest BCUT2D eigenvalue weighted by Gasteiger charge is -2.19. The van der Waals surface area contributed by atoms with Crippen molar-refractivity contribution in [1.29, 1.82) is 0 Å².